The third-order valence-electron chi connectivity index (χ3n) is 5.43. The molecule has 0 saturated heterocycles. The Morgan fingerprint density at radius 3 is 2.71 bits per heavy atom. The zero-order chi connectivity index (χ0) is 16.4. The molecule has 4 rings (SSSR count). The van der Waals surface area contributed by atoms with E-state index in [2.05, 4.69) is 63.4 Å². The van der Waals surface area contributed by atoms with E-state index in [0.717, 1.165) is 39.0 Å². The number of amides is 1. The fourth-order valence-corrected chi connectivity index (χ4v) is 3.68. The summed E-state index contributed by atoms with van der Waals surface area (Å²) in [5, 5.41) is 3.20. The van der Waals surface area contributed by atoms with Crippen LogP contribution >= 0.6 is 0 Å². The predicted molar refractivity (Wildman–Crippen MR) is 94.3 cm³/mol. The summed E-state index contributed by atoms with van der Waals surface area (Å²) < 4.78 is 2.32. The van der Waals surface area contributed by atoms with Gasteiger partial charge in [-0.15, -0.1) is 0 Å². The van der Waals surface area contributed by atoms with Gasteiger partial charge >= 0.3 is 0 Å². The van der Waals surface area contributed by atoms with Gasteiger partial charge in [-0.1, -0.05) is 36.8 Å². The number of benzene rings is 1. The monoisotopic (exact) mass is 323 g/mol. The minimum absolute atomic E-state index is 0.249. The first kappa shape index (κ1) is 15.5. The molecule has 1 unspecified atom stereocenters. The van der Waals surface area contributed by atoms with Gasteiger partial charge in [0, 0.05) is 50.0 Å². The predicted octanol–water partition coefficient (Wildman–Crippen LogP) is 2.79. The van der Waals surface area contributed by atoms with Gasteiger partial charge in [0.25, 0.3) is 0 Å². The van der Waals surface area contributed by atoms with Crippen LogP contribution in [0.3, 0.4) is 0 Å². The molecule has 2 aromatic rings. The lowest BCUT2D eigenvalue weighted by atomic mass is 9.85. The second-order valence-corrected chi connectivity index (χ2v) is 7.07. The summed E-state index contributed by atoms with van der Waals surface area (Å²) in [6.07, 6.45) is 5.47. The summed E-state index contributed by atoms with van der Waals surface area (Å²) in [6, 6.07) is 15.3. The van der Waals surface area contributed by atoms with Gasteiger partial charge in [0.05, 0.1) is 0 Å². The number of hydrogen-bond donors (Lipinski definition) is 1. The number of nitrogens with one attached hydrogen (secondary N) is 1. The van der Waals surface area contributed by atoms with Crippen molar-refractivity contribution in [3.05, 3.63) is 59.9 Å². The molecule has 24 heavy (non-hydrogen) atoms. The molecule has 1 aliphatic heterocycles. The van der Waals surface area contributed by atoms with Gasteiger partial charge in [-0.3, -0.25) is 9.69 Å². The summed E-state index contributed by atoms with van der Waals surface area (Å²) in [4.78, 5) is 14.7. The van der Waals surface area contributed by atoms with Gasteiger partial charge in [0.2, 0.25) is 5.91 Å². The average molecular weight is 323 g/mol. The molecule has 0 spiro atoms. The Kier molecular flexibility index (Phi) is 4.39. The minimum atomic E-state index is 0.249. The largest absolute Gasteiger partial charge is 0.354 e. The second kappa shape index (κ2) is 6.81. The Bertz CT molecular complexity index is 690. The molecule has 1 aliphatic carbocycles. The molecule has 1 aromatic heterocycles. The Morgan fingerprint density at radius 2 is 1.96 bits per heavy atom. The van der Waals surface area contributed by atoms with E-state index in [4.69, 9.17) is 0 Å². The van der Waals surface area contributed by atoms with Crippen molar-refractivity contribution in [1.29, 1.82) is 0 Å². The van der Waals surface area contributed by atoms with Crippen LogP contribution in [0.4, 0.5) is 0 Å². The first-order chi connectivity index (χ1) is 11.8. The Hall–Kier alpha value is -2.07. The van der Waals surface area contributed by atoms with Crippen molar-refractivity contribution in [1.82, 2.24) is 14.8 Å². The quantitative estimate of drug-likeness (QED) is 0.919. The Morgan fingerprint density at radius 1 is 1.12 bits per heavy atom. The van der Waals surface area contributed by atoms with E-state index in [1.807, 2.05) is 0 Å². The van der Waals surface area contributed by atoms with Crippen molar-refractivity contribution >= 4 is 5.91 Å². The second-order valence-electron chi connectivity index (χ2n) is 7.07. The molecule has 4 nitrogen and oxygen atoms in total. The van der Waals surface area contributed by atoms with Crippen LogP contribution in [0.2, 0.25) is 0 Å². The number of carbonyl (C=O) groups excluding carboxylic acids is 1. The smallest absolute Gasteiger partial charge is 0.223 e. The molecule has 1 aromatic carbocycles. The summed E-state index contributed by atoms with van der Waals surface area (Å²) in [6.45, 7) is 3.54. The molecule has 1 atom stereocenters. The lowest BCUT2D eigenvalue weighted by molar-refractivity contribution is -0.127. The lowest BCUT2D eigenvalue weighted by Crippen LogP contribution is -2.49. The Labute approximate surface area is 143 Å². The number of nitrogens with zero attached hydrogens (tertiary/aromatic N) is 2. The maximum atomic E-state index is 12.2. The van der Waals surface area contributed by atoms with E-state index >= 15 is 0 Å². The van der Waals surface area contributed by atoms with Crippen LogP contribution in [0.1, 0.15) is 30.5 Å². The van der Waals surface area contributed by atoms with Gasteiger partial charge in [-0.05, 0) is 30.5 Å². The highest BCUT2D eigenvalue weighted by Gasteiger charge is 2.29. The van der Waals surface area contributed by atoms with Gasteiger partial charge in [0.1, 0.15) is 0 Å². The summed E-state index contributed by atoms with van der Waals surface area (Å²) in [5.74, 6) is 0.512. The van der Waals surface area contributed by atoms with Crippen LogP contribution in [0.25, 0.3) is 0 Å². The minimum Gasteiger partial charge on any atom is -0.354 e. The third-order valence-corrected chi connectivity index (χ3v) is 5.43. The molecule has 0 radical (unpaired) electrons. The van der Waals surface area contributed by atoms with E-state index in [0.29, 0.717) is 6.04 Å². The molecule has 2 aliphatic rings. The molecule has 1 saturated carbocycles. The van der Waals surface area contributed by atoms with Crippen molar-refractivity contribution in [2.24, 2.45) is 5.92 Å². The molecule has 0 bridgehead atoms. The standard InChI is InChI=1S/C20H25N3O/c24-20(17-8-4-9-17)21-12-19-15-22-11-5-10-18(22)14-23(19)13-16-6-2-1-3-7-16/h1-3,5-7,10-11,17,19H,4,8-9,12-15H2,(H,21,24). The van der Waals surface area contributed by atoms with Crippen LogP contribution < -0.4 is 5.32 Å². The highest BCUT2D eigenvalue weighted by Crippen LogP contribution is 2.26. The molecule has 4 heteroatoms. The maximum absolute atomic E-state index is 12.2. The molecule has 1 N–H and O–H groups in total. The van der Waals surface area contributed by atoms with Gasteiger partial charge in [-0.25, -0.2) is 0 Å². The van der Waals surface area contributed by atoms with E-state index in [1.165, 1.54) is 17.7 Å². The van der Waals surface area contributed by atoms with E-state index in [1.54, 1.807) is 0 Å². The number of hydrogen-bond acceptors (Lipinski definition) is 2. The van der Waals surface area contributed by atoms with Gasteiger partial charge < -0.3 is 9.88 Å². The van der Waals surface area contributed by atoms with Crippen molar-refractivity contribution in [3.8, 4) is 0 Å². The number of aromatic nitrogens is 1. The maximum Gasteiger partial charge on any atom is 0.223 e. The summed E-state index contributed by atoms with van der Waals surface area (Å²) in [5.41, 5.74) is 2.68. The average Bonchev–Trinajstić information content (AvgIpc) is 2.99. The molecule has 126 valence electrons. The number of fused-ring (bicyclic) bond motifs is 1. The van der Waals surface area contributed by atoms with Crippen molar-refractivity contribution in [2.75, 3.05) is 6.54 Å². The molecular formula is C20H25N3O. The number of rotatable bonds is 5. The van der Waals surface area contributed by atoms with Crippen molar-refractivity contribution in [3.63, 3.8) is 0 Å². The van der Waals surface area contributed by atoms with Crippen molar-refractivity contribution in [2.45, 2.75) is 44.9 Å². The van der Waals surface area contributed by atoms with E-state index in [-0.39, 0.29) is 11.8 Å². The zero-order valence-corrected chi connectivity index (χ0v) is 14.0. The highest BCUT2D eigenvalue weighted by atomic mass is 16.1. The topological polar surface area (TPSA) is 37.3 Å². The first-order valence-electron chi connectivity index (χ1n) is 8.99. The zero-order valence-electron chi connectivity index (χ0n) is 14.0. The molecule has 2 heterocycles. The third kappa shape index (κ3) is 3.24. The van der Waals surface area contributed by atoms with E-state index in [9.17, 15) is 4.79 Å². The fraction of sp³-hybridized carbons (Fsp3) is 0.450. The normalized spacial score (nSPS) is 21.1. The summed E-state index contributed by atoms with van der Waals surface area (Å²) in [7, 11) is 0. The highest BCUT2D eigenvalue weighted by molar-refractivity contribution is 5.79. The summed E-state index contributed by atoms with van der Waals surface area (Å²) >= 11 is 0. The van der Waals surface area contributed by atoms with Crippen LogP contribution in [0.5, 0.6) is 0 Å². The van der Waals surface area contributed by atoms with E-state index < -0.39 is 0 Å². The molecular weight excluding hydrogens is 298 g/mol. The molecule has 1 fully saturated rings. The lowest BCUT2D eigenvalue weighted by Gasteiger charge is -2.37. The van der Waals surface area contributed by atoms with Crippen LogP contribution in [-0.4, -0.2) is 28.0 Å². The van der Waals surface area contributed by atoms with Gasteiger partial charge in [-0.2, -0.15) is 0 Å². The fourth-order valence-electron chi connectivity index (χ4n) is 3.68. The molecule has 1 amide bonds. The Balaban J connectivity index is 1.45. The number of carbonyl (C=O) groups is 1. The van der Waals surface area contributed by atoms with Crippen LogP contribution in [0.15, 0.2) is 48.7 Å². The first-order valence-corrected chi connectivity index (χ1v) is 8.99. The van der Waals surface area contributed by atoms with Crippen LogP contribution in [0, 0.1) is 5.92 Å². The van der Waals surface area contributed by atoms with Crippen LogP contribution in [-0.2, 0) is 24.4 Å². The SMILES string of the molecule is O=C(NCC1Cn2cccc2CN1Cc1ccccc1)C1CCC1. The van der Waals surface area contributed by atoms with Crippen molar-refractivity contribution < 1.29 is 4.79 Å². The van der Waals surface area contributed by atoms with Gasteiger partial charge in [0.15, 0.2) is 0 Å².